The number of anilines is 2. The number of nitrogens with one attached hydrogen (secondary N) is 2. The molecule has 0 unspecified atom stereocenters. The van der Waals surface area contributed by atoms with Gasteiger partial charge in [0.25, 0.3) is 0 Å². The number of benzene rings is 2. The number of halogens is 2. The zero-order chi connectivity index (χ0) is 26.2. The van der Waals surface area contributed by atoms with Crippen LogP contribution >= 0.6 is 23.4 Å². The smallest absolute Gasteiger partial charge is 0.313 e. The van der Waals surface area contributed by atoms with Crippen LogP contribution in [0.1, 0.15) is 19.4 Å². The maximum atomic E-state index is 13.5. The van der Waals surface area contributed by atoms with Gasteiger partial charge in [-0.2, -0.15) is 0 Å². The van der Waals surface area contributed by atoms with Crippen LogP contribution in [0.4, 0.5) is 15.9 Å². The molecule has 0 saturated heterocycles. The summed E-state index contributed by atoms with van der Waals surface area (Å²) in [5, 5.41) is 14.9. The Morgan fingerprint density at radius 1 is 1.19 bits per heavy atom. The van der Waals surface area contributed by atoms with Crippen molar-refractivity contribution >= 4 is 63.4 Å². The molecule has 1 atom stereocenters. The Morgan fingerprint density at radius 2 is 1.97 bits per heavy atom. The Hall–Kier alpha value is -3.44. The van der Waals surface area contributed by atoms with Crippen LogP contribution in [0.25, 0.3) is 10.9 Å². The molecule has 0 fully saturated rings. The Kier molecular flexibility index (Phi) is 9.43. The topological polar surface area (TPSA) is 131 Å². The highest BCUT2D eigenvalue weighted by atomic mass is 35.5. The lowest BCUT2D eigenvalue weighted by Crippen LogP contribution is -2.40. The molecule has 2 aromatic carbocycles. The maximum absolute atomic E-state index is 13.5. The minimum atomic E-state index is -1.02. The Bertz CT molecular complexity index is 1290. The van der Waals surface area contributed by atoms with Gasteiger partial charge in [0.05, 0.1) is 34.7 Å². The van der Waals surface area contributed by atoms with E-state index < -0.39 is 23.7 Å². The van der Waals surface area contributed by atoms with E-state index in [1.165, 1.54) is 24.5 Å². The molecule has 3 rings (SSSR count). The summed E-state index contributed by atoms with van der Waals surface area (Å²) < 4.78 is 19.3. The number of fused-ring (bicyclic) bond motifs is 1. The second kappa shape index (κ2) is 12.5. The van der Waals surface area contributed by atoms with Crippen molar-refractivity contribution in [2.75, 3.05) is 23.4 Å². The minimum Gasteiger partial charge on any atom is -0.494 e. The highest BCUT2D eigenvalue weighted by Crippen LogP contribution is 2.31. The number of carboxylic acid groups (broad SMARTS) is 1. The van der Waals surface area contributed by atoms with E-state index in [4.69, 9.17) is 21.4 Å². The lowest BCUT2D eigenvalue weighted by Gasteiger charge is -2.16. The fraction of sp³-hybridized carbons (Fsp3) is 0.292. The number of nitrogens with zero attached hydrogens (tertiary/aromatic N) is 2. The highest BCUT2D eigenvalue weighted by molar-refractivity contribution is 8.00. The molecule has 190 valence electrons. The van der Waals surface area contributed by atoms with Crippen LogP contribution in [0.15, 0.2) is 36.7 Å². The van der Waals surface area contributed by atoms with Gasteiger partial charge in [0.1, 0.15) is 23.7 Å². The molecule has 0 bridgehead atoms. The number of carbonyl (C=O) groups is 3. The Labute approximate surface area is 215 Å². The summed E-state index contributed by atoms with van der Waals surface area (Å²) in [4.78, 5) is 44.1. The molecule has 0 saturated carbocycles. The number of ether oxygens (including phenoxy) is 1. The molecule has 1 aromatic heterocycles. The molecule has 0 aliphatic rings. The first-order valence-electron chi connectivity index (χ1n) is 10.9. The van der Waals surface area contributed by atoms with Crippen molar-refractivity contribution in [3.8, 4) is 5.75 Å². The van der Waals surface area contributed by atoms with E-state index in [-0.39, 0.29) is 28.7 Å². The fourth-order valence-corrected chi connectivity index (χ4v) is 4.03. The van der Waals surface area contributed by atoms with E-state index in [1.807, 2.05) is 6.92 Å². The van der Waals surface area contributed by atoms with E-state index in [1.54, 1.807) is 19.1 Å². The average molecular weight is 535 g/mol. The van der Waals surface area contributed by atoms with Gasteiger partial charge >= 0.3 is 5.97 Å². The first-order chi connectivity index (χ1) is 17.2. The number of hydrogen-bond acceptors (Lipinski definition) is 8. The lowest BCUT2D eigenvalue weighted by atomic mass is 10.0. The third-order valence-corrected chi connectivity index (χ3v) is 6.19. The summed E-state index contributed by atoms with van der Waals surface area (Å²) in [7, 11) is 0. The van der Waals surface area contributed by atoms with Crippen molar-refractivity contribution < 1.29 is 28.6 Å². The van der Waals surface area contributed by atoms with Gasteiger partial charge in [0, 0.05) is 29.1 Å². The van der Waals surface area contributed by atoms with Crippen molar-refractivity contribution in [1.82, 2.24) is 15.3 Å². The number of amides is 1. The van der Waals surface area contributed by atoms with E-state index in [0.717, 1.165) is 11.8 Å². The first kappa shape index (κ1) is 27.2. The van der Waals surface area contributed by atoms with E-state index in [2.05, 4.69) is 20.6 Å². The van der Waals surface area contributed by atoms with Crippen LogP contribution in [0.3, 0.4) is 0 Å². The van der Waals surface area contributed by atoms with Gasteiger partial charge in [-0.3, -0.25) is 14.4 Å². The third-order valence-electron chi connectivity index (χ3n) is 4.98. The molecule has 3 aromatic rings. The number of carbonyl (C=O) groups excluding carboxylic acids is 2. The zero-order valence-corrected chi connectivity index (χ0v) is 21.1. The molecule has 12 heteroatoms. The normalized spacial score (nSPS) is 11.7. The quantitative estimate of drug-likeness (QED) is 0.315. The number of thioether (sulfide) groups is 1. The molecule has 36 heavy (non-hydrogen) atoms. The van der Waals surface area contributed by atoms with Crippen LogP contribution in [0.5, 0.6) is 5.75 Å². The molecule has 9 nitrogen and oxygen atoms in total. The Balaban J connectivity index is 1.83. The van der Waals surface area contributed by atoms with Gasteiger partial charge in [0.2, 0.25) is 5.91 Å². The molecule has 3 N–H and O–H groups in total. The second-order valence-electron chi connectivity index (χ2n) is 7.71. The molecular weight excluding hydrogens is 511 g/mol. The molecule has 0 aliphatic heterocycles. The minimum absolute atomic E-state index is 0.0360. The van der Waals surface area contributed by atoms with Crippen LogP contribution in [0, 0.1) is 5.82 Å². The number of ketones is 1. The second-order valence-corrected chi connectivity index (χ2v) is 9.10. The highest BCUT2D eigenvalue weighted by Gasteiger charge is 2.20. The fourth-order valence-electron chi connectivity index (χ4n) is 3.30. The van der Waals surface area contributed by atoms with Crippen LogP contribution in [-0.2, 0) is 20.8 Å². The van der Waals surface area contributed by atoms with Gasteiger partial charge in [-0.1, -0.05) is 11.6 Å². The van der Waals surface area contributed by atoms with E-state index in [9.17, 15) is 18.8 Å². The van der Waals surface area contributed by atoms with Crippen molar-refractivity contribution in [1.29, 1.82) is 0 Å². The van der Waals surface area contributed by atoms with Gasteiger partial charge < -0.3 is 20.5 Å². The maximum Gasteiger partial charge on any atom is 0.313 e. The Morgan fingerprint density at radius 3 is 2.67 bits per heavy atom. The average Bonchev–Trinajstić information content (AvgIpc) is 2.82. The summed E-state index contributed by atoms with van der Waals surface area (Å²) in [5.74, 6) is -1.61. The zero-order valence-electron chi connectivity index (χ0n) is 19.5. The van der Waals surface area contributed by atoms with E-state index in [0.29, 0.717) is 40.3 Å². The van der Waals surface area contributed by atoms with Crippen molar-refractivity contribution in [3.05, 3.63) is 53.1 Å². The number of hydrogen-bond donors (Lipinski definition) is 3. The molecular formula is C24H24ClFN4O5S. The van der Waals surface area contributed by atoms with Crippen LogP contribution in [-0.4, -0.2) is 56.9 Å². The molecule has 0 radical (unpaired) electrons. The van der Waals surface area contributed by atoms with Crippen molar-refractivity contribution in [2.45, 2.75) is 26.3 Å². The number of aliphatic carboxylic acids is 1. The predicted octanol–water partition coefficient (Wildman–Crippen LogP) is 4.00. The molecule has 0 aliphatic carbocycles. The number of rotatable bonds is 12. The predicted molar refractivity (Wildman–Crippen MR) is 137 cm³/mol. The summed E-state index contributed by atoms with van der Waals surface area (Å²) >= 11 is 6.83. The van der Waals surface area contributed by atoms with Crippen LogP contribution in [0.2, 0.25) is 5.02 Å². The molecule has 0 spiro atoms. The standard InChI is InChI=1S/C24H24ClFN4O5S/c1-3-35-21-9-19-16(24(28-12-27-19)30-15-4-5-18(26)17(25)8-15)6-14(21)7-20(31)13(2)29-22(32)10-36-11-23(33)34/h4-6,8-9,12-13H,3,7,10-11H2,1-2H3,(H,29,32)(H,33,34)(H,27,28,30)/t13-/m1/s1. The van der Waals surface area contributed by atoms with Gasteiger partial charge in [-0.15, -0.1) is 11.8 Å². The van der Waals surface area contributed by atoms with Gasteiger partial charge in [-0.25, -0.2) is 14.4 Å². The summed E-state index contributed by atoms with van der Waals surface area (Å²) in [6, 6.07) is 6.84. The number of Topliss-reactive ketones (excluding diaryl/α,β-unsaturated/α-hetero) is 1. The lowest BCUT2D eigenvalue weighted by molar-refractivity contribution is -0.133. The van der Waals surface area contributed by atoms with Gasteiger partial charge in [-0.05, 0) is 38.1 Å². The molecule has 1 amide bonds. The van der Waals surface area contributed by atoms with Gasteiger partial charge in [0.15, 0.2) is 5.78 Å². The SMILES string of the molecule is CCOc1cc2ncnc(Nc3ccc(F)c(Cl)c3)c2cc1CC(=O)[C@@H](C)NC(=O)CSCC(=O)O. The summed E-state index contributed by atoms with van der Waals surface area (Å²) in [6.07, 6.45) is 1.34. The largest absolute Gasteiger partial charge is 0.494 e. The number of carboxylic acids is 1. The van der Waals surface area contributed by atoms with Crippen molar-refractivity contribution in [2.24, 2.45) is 0 Å². The van der Waals surface area contributed by atoms with E-state index >= 15 is 0 Å². The number of aromatic nitrogens is 2. The first-order valence-corrected chi connectivity index (χ1v) is 12.4. The van der Waals surface area contributed by atoms with Crippen molar-refractivity contribution in [3.63, 3.8) is 0 Å². The third kappa shape index (κ3) is 7.28. The summed E-state index contributed by atoms with van der Waals surface area (Å²) in [6.45, 7) is 3.75. The monoisotopic (exact) mass is 534 g/mol. The summed E-state index contributed by atoms with van der Waals surface area (Å²) in [5.41, 5.74) is 1.66. The molecule has 1 heterocycles. The van der Waals surface area contributed by atoms with Crippen LogP contribution < -0.4 is 15.4 Å².